The molecule has 1 aliphatic carbocycles. The maximum atomic E-state index is 13.0. The first-order chi connectivity index (χ1) is 15.5. The summed E-state index contributed by atoms with van der Waals surface area (Å²) < 4.78 is 6.52. The van der Waals surface area contributed by atoms with Crippen molar-refractivity contribution < 1.29 is 9.53 Å². The first-order valence-electron chi connectivity index (χ1n) is 11.0. The molecule has 164 valence electrons. The van der Waals surface area contributed by atoms with Crippen LogP contribution in [0.15, 0.2) is 42.5 Å². The van der Waals surface area contributed by atoms with E-state index in [0.29, 0.717) is 12.3 Å². The lowest BCUT2D eigenvalue weighted by Gasteiger charge is -2.18. The summed E-state index contributed by atoms with van der Waals surface area (Å²) in [5, 5.41) is 5.19. The van der Waals surface area contributed by atoms with Gasteiger partial charge >= 0.3 is 0 Å². The summed E-state index contributed by atoms with van der Waals surface area (Å²) in [5.74, 6) is 1.52. The molecule has 1 atom stereocenters. The van der Waals surface area contributed by atoms with Gasteiger partial charge in [0.25, 0.3) is 0 Å². The SMILES string of the molecule is COc1ccc(CC(=O)Nc2sc3c(c2-c2nc4ccccc4s2)CC[C@H](C)C3)cc1C. The Kier molecular flexibility index (Phi) is 5.74. The van der Waals surface area contributed by atoms with Crippen molar-refractivity contribution >= 4 is 43.8 Å². The van der Waals surface area contributed by atoms with Crippen LogP contribution in [0, 0.1) is 12.8 Å². The van der Waals surface area contributed by atoms with Crippen LogP contribution in [0.2, 0.25) is 0 Å². The van der Waals surface area contributed by atoms with Crippen molar-refractivity contribution in [2.45, 2.75) is 39.5 Å². The van der Waals surface area contributed by atoms with Crippen LogP contribution in [0.25, 0.3) is 20.8 Å². The van der Waals surface area contributed by atoms with Crippen molar-refractivity contribution in [3.63, 3.8) is 0 Å². The number of rotatable bonds is 5. The minimum atomic E-state index is 0.00331. The van der Waals surface area contributed by atoms with Gasteiger partial charge in [0, 0.05) is 10.4 Å². The van der Waals surface area contributed by atoms with Gasteiger partial charge in [0.2, 0.25) is 5.91 Å². The highest BCUT2D eigenvalue weighted by molar-refractivity contribution is 7.22. The molecule has 0 fully saturated rings. The van der Waals surface area contributed by atoms with E-state index < -0.39 is 0 Å². The fourth-order valence-electron chi connectivity index (χ4n) is 4.45. The van der Waals surface area contributed by atoms with Crippen LogP contribution in [0.5, 0.6) is 5.75 Å². The van der Waals surface area contributed by atoms with Crippen molar-refractivity contribution in [3.8, 4) is 16.3 Å². The average molecular weight is 463 g/mol. The lowest BCUT2D eigenvalue weighted by Crippen LogP contribution is -2.14. The molecule has 0 bridgehead atoms. The monoisotopic (exact) mass is 462 g/mol. The van der Waals surface area contributed by atoms with E-state index in [4.69, 9.17) is 9.72 Å². The standard InChI is InChI=1S/C26H26N2O2S2/c1-15-8-10-18-22(12-15)32-26(24(18)25-27-19-6-4-5-7-21(19)31-25)28-23(29)14-17-9-11-20(30-3)16(2)13-17/h4-7,9,11,13,15H,8,10,12,14H2,1-3H3,(H,28,29)/t15-/m0/s1. The number of aryl methyl sites for hydroxylation is 1. The maximum absolute atomic E-state index is 13.0. The van der Waals surface area contributed by atoms with Gasteiger partial charge in [-0.15, -0.1) is 22.7 Å². The Morgan fingerprint density at radius 3 is 2.84 bits per heavy atom. The number of aromatic nitrogens is 1. The summed E-state index contributed by atoms with van der Waals surface area (Å²) in [6, 6.07) is 14.2. The minimum Gasteiger partial charge on any atom is -0.496 e. The Morgan fingerprint density at radius 2 is 2.06 bits per heavy atom. The molecule has 0 saturated heterocycles. The topological polar surface area (TPSA) is 51.2 Å². The molecular formula is C26H26N2O2S2. The Balaban J connectivity index is 1.48. The molecule has 2 aromatic heterocycles. The van der Waals surface area contributed by atoms with E-state index in [-0.39, 0.29) is 5.91 Å². The number of nitrogens with zero attached hydrogens (tertiary/aromatic N) is 1. The van der Waals surface area contributed by atoms with E-state index in [0.717, 1.165) is 50.8 Å². The van der Waals surface area contributed by atoms with Crippen LogP contribution in [-0.4, -0.2) is 18.0 Å². The molecule has 32 heavy (non-hydrogen) atoms. The van der Waals surface area contributed by atoms with E-state index in [2.05, 4.69) is 30.4 Å². The number of amides is 1. The van der Waals surface area contributed by atoms with Crippen LogP contribution in [-0.2, 0) is 24.1 Å². The van der Waals surface area contributed by atoms with Gasteiger partial charge < -0.3 is 10.1 Å². The Labute approximate surface area is 196 Å². The summed E-state index contributed by atoms with van der Waals surface area (Å²) >= 11 is 3.44. The number of carbonyl (C=O) groups is 1. The van der Waals surface area contributed by atoms with Gasteiger partial charge in [-0.05, 0) is 67.0 Å². The van der Waals surface area contributed by atoms with Crippen LogP contribution in [0.4, 0.5) is 5.00 Å². The molecule has 4 aromatic rings. The van der Waals surface area contributed by atoms with Crippen LogP contribution < -0.4 is 10.1 Å². The third-order valence-corrected chi connectivity index (χ3v) is 8.32. The predicted octanol–water partition coefficient (Wildman–Crippen LogP) is 6.65. The largest absolute Gasteiger partial charge is 0.496 e. The molecule has 4 nitrogen and oxygen atoms in total. The first-order valence-corrected chi connectivity index (χ1v) is 12.6. The zero-order chi connectivity index (χ0) is 22.2. The lowest BCUT2D eigenvalue weighted by atomic mass is 9.88. The number of benzene rings is 2. The number of thiophene rings is 1. The number of nitrogens with one attached hydrogen (secondary N) is 1. The van der Waals surface area contributed by atoms with Gasteiger partial charge in [-0.25, -0.2) is 4.98 Å². The summed E-state index contributed by atoms with van der Waals surface area (Å²) in [4.78, 5) is 19.3. The van der Waals surface area contributed by atoms with Gasteiger partial charge in [0.15, 0.2) is 0 Å². The number of hydrogen-bond acceptors (Lipinski definition) is 5. The van der Waals surface area contributed by atoms with E-state index >= 15 is 0 Å². The summed E-state index contributed by atoms with van der Waals surface area (Å²) in [6.07, 6.45) is 3.64. The highest BCUT2D eigenvalue weighted by atomic mass is 32.1. The number of anilines is 1. The molecule has 5 rings (SSSR count). The van der Waals surface area contributed by atoms with E-state index in [9.17, 15) is 4.79 Å². The molecule has 0 spiro atoms. The molecule has 2 aromatic carbocycles. The van der Waals surface area contributed by atoms with Gasteiger partial charge in [0.05, 0.1) is 23.7 Å². The van der Waals surface area contributed by atoms with Gasteiger partial charge in [-0.3, -0.25) is 4.79 Å². The quantitative estimate of drug-likeness (QED) is 0.361. The van der Waals surface area contributed by atoms with E-state index in [1.807, 2.05) is 31.2 Å². The smallest absolute Gasteiger partial charge is 0.229 e. The molecule has 6 heteroatoms. The third kappa shape index (κ3) is 4.05. The van der Waals surface area contributed by atoms with Crippen molar-refractivity contribution in [1.29, 1.82) is 0 Å². The molecule has 0 saturated carbocycles. The summed E-state index contributed by atoms with van der Waals surface area (Å²) in [7, 11) is 1.66. The lowest BCUT2D eigenvalue weighted by molar-refractivity contribution is -0.115. The van der Waals surface area contributed by atoms with Gasteiger partial charge in [-0.1, -0.05) is 31.2 Å². The number of carbonyl (C=O) groups excluding carboxylic acids is 1. The zero-order valence-corrected chi connectivity index (χ0v) is 20.2. The number of para-hydroxylation sites is 1. The number of methoxy groups -OCH3 is 1. The first kappa shape index (κ1) is 21.2. The predicted molar refractivity (Wildman–Crippen MR) is 134 cm³/mol. The number of thiazole rings is 1. The van der Waals surface area contributed by atoms with E-state index in [1.165, 1.54) is 21.6 Å². The number of hydrogen-bond donors (Lipinski definition) is 1. The molecule has 0 aliphatic heterocycles. The normalized spacial score (nSPS) is 15.5. The number of fused-ring (bicyclic) bond motifs is 2. The maximum Gasteiger partial charge on any atom is 0.229 e. The van der Waals surface area contributed by atoms with Crippen molar-refractivity contribution in [1.82, 2.24) is 4.98 Å². The Hall–Kier alpha value is -2.70. The van der Waals surface area contributed by atoms with Gasteiger partial charge in [-0.2, -0.15) is 0 Å². The summed E-state index contributed by atoms with van der Waals surface area (Å²) in [6.45, 7) is 4.31. The molecule has 1 amide bonds. The summed E-state index contributed by atoms with van der Waals surface area (Å²) in [5.41, 5.74) is 5.55. The van der Waals surface area contributed by atoms with Crippen LogP contribution >= 0.6 is 22.7 Å². The molecule has 2 heterocycles. The van der Waals surface area contributed by atoms with Gasteiger partial charge in [0.1, 0.15) is 15.8 Å². The second kappa shape index (κ2) is 8.68. The fourth-order valence-corrected chi connectivity index (χ4v) is 6.99. The highest BCUT2D eigenvalue weighted by Gasteiger charge is 2.27. The molecule has 0 unspecified atom stereocenters. The second-order valence-corrected chi connectivity index (χ2v) is 10.7. The Bertz CT molecular complexity index is 1270. The van der Waals surface area contributed by atoms with Crippen molar-refractivity contribution in [2.24, 2.45) is 5.92 Å². The van der Waals surface area contributed by atoms with E-state index in [1.54, 1.807) is 29.8 Å². The molecule has 1 aliphatic rings. The zero-order valence-electron chi connectivity index (χ0n) is 18.5. The number of ether oxygens (including phenoxy) is 1. The second-order valence-electron chi connectivity index (χ2n) is 8.57. The molecular weight excluding hydrogens is 436 g/mol. The average Bonchev–Trinajstić information content (AvgIpc) is 3.33. The third-order valence-electron chi connectivity index (χ3n) is 6.10. The fraction of sp³-hybridized carbons (Fsp3) is 0.308. The van der Waals surface area contributed by atoms with Crippen molar-refractivity contribution in [2.75, 3.05) is 12.4 Å². The minimum absolute atomic E-state index is 0.00331. The highest BCUT2D eigenvalue weighted by Crippen LogP contribution is 2.47. The van der Waals surface area contributed by atoms with Crippen LogP contribution in [0.3, 0.4) is 0 Å². The van der Waals surface area contributed by atoms with Crippen molar-refractivity contribution in [3.05, 3.63) is 64.0 Å². The molecule has 0 radical (unpaired) electrons. The Morgan fingerprint density at radius 1 is 1.22 bits per heavy atom. The molecule has 1 N–H and O–H groups in total. The van der Waals surface area contributed by atoms with Crippen LogP contribution in [0.1, 0.15) is 34.9 Å².